The molecule has 0 radical (unpaired) electrons. The number of nitrogens with one attached hydrogen (secondary N) is 1. The number of hydrogen-bond acceptors (Lipinski definition) is 7. The first-order valence-corrected chi connectivity index (χ1v) is 9.84. The fourth-order valence-electron chi connectivity index (χ4n) is 3.55. The molecule has 2 aromatic rings. The van der Waals surface area contributed by atoms with E-state index in [0.717, 1.165) is 43.0 Å². The van der Waals surface area contributed by atoms with Gasteiger partial charge in [0, 0.05) is 43.4 Å². The third-order valence-corrected chi connectivity index (χ3v) is 5.60. The fourth-order valence-corrected chi connectivity index (χ4v) is 4.09. The molecule has 2 aliphatic heterocycles. The van der Waals surface area contributed by atoms with Crippen LogP contribution in [0.4, 0.5) is 17.3 Å². The van der Waals surface area contributed by atoms with Gasteiger partial charge in [-0.2, -0.15) is 0 Å². The monoisotopic (exact) mass is 434 g/mol. The van der Waals surface area contributed by atoms with Crippen LogP contribution in [0.25, 0.3) is 0 Å². The van der Waals surface area contributed by atoms with Crippen LogP contribution in [0.1, 0.15) is 6.92 Å². The van der Waals surface area contributed by atoms with Crippen molar-refractivity contribution >= 4 is 33.3 Å². The Morgan fingerprint density at radius 1 is 1.26 bits per heavy atom. The van der Waals surface area contributed by atoms with E-state index in [1.54, 1.807) is 19.3 Å². The van der Waals surface area contributed by atoms with Gasteiger partial charge in [-0.1, -0.05) is 0 Å². The molecule has 4 heterocycles. The fraction of sp³-hybridized carbons (Fsp3) is 0.500. The van der Waals surface area contributed by atoms with Crippen LogP contribution in [-0.2, 0) is 11.8 Å². The van der Waals surface area contributed by atoms with Crippen molar-refractivity contribution in [1.29, 1.82) is 0 Å². The molecule has 9 heteroatoms. The summed E-state index contributed by atoms with van der Waals surface area (Å²) in [7, 11) is 1.71. The highest BCUT2D eigenvalue weighted by Crippen LogP contribution is 2.23. The van der Waals surface area contributed by atoms with Gasteiger partial charge in [0.2, 0.25) is 5.95 Å². The molecule has 2 aliphatic rings. The van der Waals surface area contributed by atoms with E-state index < -0.39 is 0 Å². The first-order valence-electron chi connectivity index (χ1n) is 9.05. The number of hydrogen-bond donors (Lipinski definition) is 1. The van der Waals surface area contributed by atoms with E-state index in [1.165, 1.54) is 4.57 Å². The summed E-state index contributed by atoms with van der Waals surface area (Å²) in [4.78, 5) is 25.8. The van der Waals surface area contributed by atoms with Crippen molar-refractivity contribution in [3.63, 3.8) is 0 Å². The molecule has 0 spiro atoms. The maximum absolute atomic E-state index is 12.2. The lowest BCUT2D eigenvalue weighted by Crippen LogP contribution is -2.59. The highest BCUT2D eigenvalue weighted by Gasteiger charge is 2.32. The number of piperazine rings is 1. The second kappa shape index (κ2) is 7.57. The Bertz CT molecular complexity index is 867. The molecule has 1 atom stereocenters. The molecule has 0 bridgehead atoms. The summed E-state index contributed by atoms with van der Waals surface area (Å²) in [6.07, 6.45) is 5.35. The Morgan fingerprint density at radius 3 is 2.63 bits per heavy atom. The normalized spacial score (nSPS) is 21.1. The standard InChI is InChI=1S/C18H23BrN6O2/c1-12-8-24(15-10-27-11-15)3-4-25(12)14-6-20-18(21-7-14)22-16-5-13(19)9-23(2)17(16)26/h5-7,9,12,15H,3-4,8,10-11H2,1-2H3,(H,20,21,22)/t12-/m0/s1. The van der Waals surface area contributed by atoms with Crippen molar-refractivity contribution in [2.45, 2.75) is 19.0 Å². The second-order valence-corrected chi connectivity index (χ2v) is 8.02. The van der Waals surface area contributed by atoms with Gasteiger partial charge in [-0.3, -0.25) is 9.69 Å². The Kier molecular flexibility index (Phi) is 5.16. The first kappa shape index (κ1) is 18.4. The van der Waals surface area contributed by atoms with Gasteiger partial charge in [0.1, 0.15) is 5.69 Å². The van der Waals surface area contributed by atoms with Crippen molar-refractivity contribution in [3.05, 3.63) is 39.5 Å². The Morgan fingerprint density at radius 2 is 2.00 bits per heavy atom. The Balaban J connectivity index is 1.44. The highest BCUT2D eigenvalue weighted by atomic mass is 79.9. The summed E-state index contributed by atoms with van der Waals surface area (Å²) in [6, 6.07) is 2.69. The molecule has 0 aliphatic carbocycles. The van der Waals surface area contributed by atoms with Gasteiger partial charge in [0.05, 0.1) is 37.3 Å². The van der Waals surface area contributed by atoms with E-state index >= 15 is 0 Å². The molecule has 0 saturated carbocycles. The lowest BCUT2D eigenvalue weighted by molar-refractivity contribution is -0.0691. The molecule has 0 aromatic carbocycles. The molecule has 0 unspecified atom stereocenters. The van der Waals surface area contributed by atoms with Gasteiger partial charge in [0.15, 0.2) is 0 Å². The van der Waals surface area contributed by atoms with Crippen LogP contribution in [0.2, 0.25) is 0 Å². The molecule has 2 fully saturated rings. The number of nitrogens with zero attached hydrogens (tertiary/aromatic N) is 5. The summed E-state index contributed by atoms with van der Waals surface area (Å²) in [5.74, 6) is 0.409. The number of rotatable bonds is 4. The maximum atomic E-state index is 12.2. The number of halogens is 1. The average Bonchev–Trinajstić information content (AvgIpc) is 2.59. The molecule has 2 aromatic heterocycles. The van der Waals surface area contributed by atoms with Gasteiger partial charge in [0.25, 0.3) is 5.56 Å². The van der Waals surface area contributed by atoms with Crippen LogP contribution in [0.15, 0.2) is 33.9 Å². The largest absolute Gasteiger partial charge is 0.378 e. The number of aromatic nitrogens is 3. The maximum Gasteiger partial charge on any atom is 0.274 e. The third-order valence-electron chi connectivity index (χ3n) is 5.16. The van der Waals surface area contributed by atoms with Crippen LogP contribution in [0.3, 0.4) is 0 Å². The highest BCUT2D eigenvalue weighted by molar-refractivity contribution is 9.10. The SMILES string of the molecule is C[C@H]1CN(C2COC2)CCN1c1cnc(Nc2cc(Br)cn(C)c2=O)nc1. The van der Waals surface area contributed by atoms with Crippen molar-refractivity contribution in [2.24, 2.45) is 7.05 Å². The molecule has 4 rings (SSSR count). The van der Waals surface area contributed by atoms with Gasteiger partial charge >= 0.3 is 0 Å². The lowest BCUT2D eigenvalue weighted by Gasteiger charge is -2.46. The summed E-state index contributed by atoms with van der Waals surface area (Å²) in [5, 5.41) is 3.01. The summed E-state index contributed by atoms with van der Waals surface area (Å²) < 4.78 is 7.63. The van der Waals surface area contributed by atoms with Crippen molar-refractivity contribution < 1.29 is 4.74 Å². The minimum Gasteiger partial charge on any atom is -0.378 e. The summed E-state index contributed by atoms with van der Waals surface area (Å²) in [6.45, 7) is 6.91. The molecule has 8 nitrogen and oxygen atoms in total. The van der Waals surface area contributed by atoms with Crippen molar-refractivity contribution in [2.75, 3.05) is 43.1 Å². The minimum atomic E-state index is -0.129. The summed E-state index contributed by atoms with van der Waals surface area (Å²) >= 11 is 3.40. The molecule has 1 N–H and O–H groups in total. The number of ether oxygens (including phenoxy) is 1. The molecular formula is C18H23BrN6O2. The van der Waals surface area contributed by atoms with Gasteiger partial charge in [-0.05, 0) is 28.9 Å². The van der Waals surface area contributed by atoms with Crippen LogP contribution in [0, 0.1) is 0 Å². The molecule has 2 saturated heterocycles. The Hall–Kier alpha value is -1.97. The predicted octanol–water partition coefficient (Wildman–Crippen LogP) is 1.59. The number of pyridine rings is 1. The molecular weight excluding hydrogens is 412 g/mol. The van der Waals surface area contributed by atoms with Crippen molar-refractivity contribution in [3.8, 4) is 0 Å². The van der Waals surface area contributed by atoms with Gasteiger partial charge in [-0.25, -0.2) is 9.97 Å². The smallest absolute Gasteiger partial charge is 0.274 e. The number of aryl methyl sites for hydroxylation is 1. The lowest BCUT2D eigenvalue weighted by atomic mass is 10.1. The van der Waals surface area contributed by atoms with Crippen molar-refractivity contribution in [1.82, 2.24) is 19.4 Å². The summed E-state index contributed by atoms with van der Waals surface area (Å²) in [5.41, 5.74) is 1.31. The molecule has 27 heavy (non-hydrogen) atoms. The van der Waals surface area contributed by atoms with E-state index in [4.69, 9.17) is 4.74 Å². The first-order chi connectivity index (χ1) is 13.0. The van der Waals surface area contributed by atoms with Crippen LogP contribution in [0.5, 0.6) is 0 Å². The van der Waals surface area contributed by atoms with Crippen LogP contribution in [-0.4, -0.2) is 64.4 Å². The zero-order valence-electron chi connectivity index (χ0n) is 15.4. The van der Waals surface area contributed by atoms with Crippen LogP contribution >= 0.6 is 15.9 Å². The number of anilines is 3. The minimum absolute atomic E-state index is 0.129. The zero-order valence-corrected chi connectivity index (χ0v) is 17.0. The van der Waals surface area contributed by atoms with Gasteiger partial charge < -0.3 is 19.5 Å². The van der Waals surface area contributed by atoms with E-state index in [0.29, 0.717) is 23.7 Å². The third kappa shape index (κ3) is 3.85. The topological polar surface area (TPSA) is 75.5 Å². The quantitative estimate of drug-likeness (QED) is 0.782. The molecule has 144 valence electrons. The van der Waals surface area contributed by atoms with Crippen LogP contribution < -0.4 is 15.8 Å². The van der Waals surface area contributed by atoms with E-state index in [-0.39, 0.29) is 5.56 Å². The average molecular weight is 435 g/mol. The van der Waals surface area contributed by atoms with E-state index in [9.17, 15) is 4.79 Å². The van der Waals surface area contributed by atoms with E-state index in [1.807, 2.05) is 12.4 Å². The zero-order chi connectivity index (χ0) is 19.0. The van der Waals surface area contributed by atoms with Gasteiger partial charge in [-0.15, -0.1) is 0 Å². The molecule has 0 amide bonds. The Labute approximate surface area is 166 Å². The predicted molar refractivity (Wildman–Crippen MR) is 108 cm³/mol. The second-order valence-electron chi connectivity index (χ2n) is 7.11. The van der Waals surface area contributed by atoms with E-state index in [2.05, 4.69) is 47.9 Å².